The van der Waals surface area contributed by atoms with Crippen molar-refractivity contribution in [1.29, 1.82) is 0 Å². The third-order valence-electron chi connectivity index (χ3n) is 3.40. The second-order valence-corrected chi connectivity index (χ2v) is 5.77. The lowest BCUT2D eigenvalue weighted by Crippen LogP contribution is -2.88. The van der Waals surface area contributed by atoms with Crippen LogP contribution in [0.2, 0.25) is 0 Å². The molecule has 5 N–H and O–H groups in total. The van der Waals surface area contributed by atoms with Crippen molar-refractivity contribution in [3.8, 4) is 0 Å². The molecule has 1 rings (SSSR count). The molecule has 0 aromatic carbocycles. The number of amides is 1. The van der Waals surface area contributed by atoms with Gasteiger partial charge in [-0.3, -0.25) is 0 Å². The maximum absolute atomic E-state index is 10.9. The fourth-order valence-corrected chi connectivity index (χ4v) is 2.31. The van der Waals surface area contributed by atoms with Crippen molar-refractivity contribution in [1.82, 2.24) is 5.32 Å². The number of nitrogens with one attached hydrogen (secondary N) is 1. The molecule has 0 aliphatic heterocycles. The summed E-state index contributed by atoms with van der Waals surface area (Å²) in [5, 5.41) is 23.6. The van der Waals surface area contributed by atoms with E-state index in [1.54, 1.807) is 0 Å². The fraction of sp³-hybridized carbons (Fsp3) is 0.667. The van der Waals surface area contributed by atoms with Crippen molar-refractivity contribution < 1.29 is 20.3 Å². The molecule has 1 aliphatic carbocycles. The smallest absolute Gasteiger partial charge is 0.404 e. The van der Waals surface area contributed by atoms with Crippen LogP contribution in [0.5, 0.6) is 0 Å². The number of hydrogen-bond donors (Lipinski definition) is 4. The number of allylic oxidation sites excluding steroid dienone is 3. The molecule has 5 heteroatoms. The van der Waals surface area contributed by atoms with Crippen LogP contribution in [0.3, 0.4) is 0 Å². The van der Waals surface area contributed by atoms with Crippen molar-refractivity contribution in [3.63, 3.8) is 0 Å². The minimum absolute atomic E-state index is 0.436. The third-order valence-corrected chi connectivity index (χ3v) is 3.40. The molecule has 5 nitrogen and oxygen atoms in total. The molecule has 0 fully saturated rings. The molecule has 0 aromatic heterocycles. The minimum atomic E-state index is -1.08. The van der Waals surface area contributed by atoms with Gasteiger partial charge < -0.3 is 20.8 Å². The molecular weight excluding hydrogens is 256 g/mol. The Hall–Kier alpha value is -1.33. The number of carboxylic acid groups (broad SMARTS) is 1. The molecule has 0 heterocycles. The Balaban J connectivity index is 2.51. The van der Waals surface area contributed by atoms with E-state index in [-0.39, 0.29) is 0 Å². The Morgan fingerprint density at radius 3 is 2.75 bits per heavy atom. The third kappa shape index (κ3) is 6.73. The van der Waals surface area contributed by atoms with Gasteiger partial charge >= 0.3 is 6.09 Å². The van der Waals surface area contributed by atoms with E-state index in [9.17, 15) is 9.90 Å². The van der Waals surface area contributed by atoms with Crippen LogP contribution in [0, 0.1) is 5.92 Å². The summed E-state index contributed by atoms with van der Waals surface area (Å²) in [6.45, 7) is 5.69. The number of aliphatic hydroxyl groups is 1. The number of quaternary nitrogens is 1. The second-order valence-electron chi connectivity index (χ2n) is 5.77. The molecule has 2 atom stereocenters. The average molecular weight is 283 g/mol. The van der Waals surface area contributed by atoms with Gasteiger partial charge in [0.2, 0.25) is 0 Å². The van der Waals surface area contributed by atoms with Gasteiger partial charge in [0.1, 0.15) is 12.6 Å². The summed E-state index contributed by atoms with van der Waals surface area (Å²) < 4.78 is 0. The highest BCUT2D eigenvalue weighted by Crippen LogP contribution is 2.18. The van der Waals surface area contributed by atoms with Crippen LogP contribution in [0.1, 0.15) is 33.1 Å². The molecule has 114 valence electrons. The van der Waals surface area contributed by atoms with Crippen LogP contribution >= 0.6 is 0 Å². The normalized spacial score (nSPS) is 17.7. The molecule has 1 amide bonds. The number of nitrogens with two attached hydrogens (primary N) is 1. The zero-order valence-corrected chi connectivity index (χ0v) is 12.4. The highest BCUT2D eigenvalue weighted by molar-refractivity contribution is 5.65. The quantitative estimate of drug-likeness (QED) is 0.533. The predicted molar refractivity (Wildman–Crippen MR) is 78.5 cm³/mol. The average Bonchev–Trinajstić information content (AvgIpc) is 2.38. The SMILES string of the molecule is CC(C)C[NH2+]C[C@@H](O)[C@H](CC1=CC=CCC1)NC(=O)O. The zero-order valence-electron chi connectivity index (χ0n) is 12.4. The summed E-state index contributed by atoms with van der Waals surface area (Å²) in [6.07, 6.45) is 6.86. The van der Waals surface area contributed by atoms with Crippen LogP contribution in [-0.2, 0) is 0 Å². The summed E-state index contributed by atoms with van der Waals surface area (Å²) in [6, 6.07) is -0.436. The first-order valence-corrected chi connectivity index (χ1v) is 7.32. The first kappa shape index (κ1) is 16.7. The van der Waals surface area contributed by atoms with E-state index in [4.69, 9.17) is 5.11 Å². The molecule has 0 spiro atoms. The van der Waals surface area contributed by atoms with Crippen molar-refractivity contribution >= 4 is 6.09 Å². The number of aliphatic hydroxyl groups excluding tert-OH is 1. The Kier molecular flexibility index (Phi) is 7.33. The van der Waals surface area contributed by atoms with Gasteiger partial charge in [-0.25, -0.2) is 4.79 Å². The molecule has 0 aromatic rings. The Morgan fingerprint density at radius 2 is 2.20 bits per heavy atom. The largest absolute Gasteiger partial charge is 0.465 e. The van der Waals surface area contributed by atoms with Gasteiger partial charge in [0.05, 0.1) is 12.6 Å². The Bertz CT molecular complexity index is 364. The van der Waals surface area contributed by atoms with Gasteiger partial charge in [-0.05, 0) is 19.3 Å². The summed E-state index contributed by atoms with van der Waals surface area (Å²) in [5.74, 6) is 0.555. The summed E-state index contributed by atoms with van der Waals surface area (Å²) in [7, 11) is 0. The van der Waals surface area contributed by atoms with E-state index >= 15 is 0 Å². The molecule has 20 heavy (non-hydrogen) atoms. The molecule has 0 unspecified atom stereocenters. The van der Waals surface area contributed by atoms with Crippen LogP contribution in [-0.4, -0.2) is 41.5 Å². The van der Waals surface area contributed by atoms with Crippen molar-refractivity contribution in [2.75, 3.05) is 13.1 Å². The van der Waals surface area contributed by atoms with E-state index in [1.807, 2.05) is 17.5 Å². The van der Waals surface area contributed by atoms with Gasteiger partial charge in [0, 0.05) is 5.92 Å². The molecule has 0 bridgehead atoms. The topological polar surface area (TPSA) is 86.2 Å². The predicted octanol–water partition coefficient (Wildman–Crippen LogP) is 0.869. The van der Waals surface area contributed by atoms with Crippen LogP contribution in [0.15, 0.2) is 23.8 Å². The van der Waals surface area contributed by atoms with E-state index < -0.39 is 18.2 Å². The van der Waals surface area contributed by atoms with Crippen LogP contribution in [0.25, 0.3) is 0 Å². The standard InChI is InChI=1S/C15H26N2O3/c1-11(2)9-16-10-14(18)13(17-15(19)20)8-12-6-4-3-5-7-12/h3-4,6,11,13-14,16-18H,5,7-10H2,1-2H3,(H,19,20)/p+1/t13-,14+/m0/s1. The van der Waals surface area contributed by atoms with Crippen molar-refractivity contribution in [2.24, 2.45) is 5.92 Å². The van der Waals surface area contributed by atoms with E-state index in [0.717, 1.165) is 19.4 Å². The summed E-state index contributed by atoms with van der Waals surface area (Å²) >= 11 is 0. The lowest BCUT2D eigenvalue weighted by molar-refractivity contribution is -0.666. The van der Waals surface area contributed by atoms with Crippen LogP contribution in [0.4, 0.5) is 4.79 Å². The molecule has 1 aliphatic rings. The van der Waals surface area contributed by atoms with Gasteiger partial charge in [-0.2, -0.15) is 0 Å². The van der Waals surface area contributed by atoms with Gasteiger partial charge in [0.25, 0.3) is 0 Å². The van der Waals surface area contributed by atoms with Crippen molar-refractivity contribution in [2.45, 2.75) is 45.3 Å². The lowest BCUT2D eigenvalue weighted by atomic mass is 9.95. The first-order chi connectivity index (χ1) is 9.49. The van der Waals surface area contributed by atoms with Gasteiger partial charge in [-0.1, -0.05) is 37.6 Å². The zero-order chi connectivity index (χ0) is 15.0. The summed E-state index contributed by atoms with van der Waals surface area (Å²) in [4.78, 5) is 10.9. The highest BCUT2D eigenvalue weighted by Gasteiger charge is 2.23. The monoisotopic (exact) mass is 283 g/mol. The van der Waals surface area contributed by atoms with Gasteiger partial charge in [-0.15, -0.1) is 0 Å². The Labute approximate surface area is 120 Å². The minimum Gasteiger partial charge on any atom is -0.465 e. The molecule has 0 radical (unpaired) electrons. The maximum atomic E-state index is 10.9. The van der Waals surface area contributed by atoms with E-state index in [1.165, 1.54) is 5.57 Å². The Morgan fingerprint density at radius 1 is 1.45 bits per heavy atom. The fourth-order valence-electron chi connectivity index (χ4n) is 2.31. The lowest BCUT2D eigenvalue weighted by Gasteiger charge is -2.24. The maximum Gasteiger partial charge on any atom is 0.404 e. The van der Waals surface area contributed by atoms with E-state index in [2.05, 4.69) is 25.2 Å². The molecule has 0 saturated carbocycles. The van der Waals surface area contributed by atoms with Gasteiger partial charge in [0.15, 0.2) is 0 Å². The number of rotatable bonds is 8. The van der Waals surface area contributed by atoms with E-state index in [0.29, 0.717) is 18.9 Å². The number of hydrogen-bond acceptors (Lipinski definition) is 2. The molecule has 0 saturated heterocycles. The number of carbonyl (C=O) groups is 1. The first-order valence-electron chi connectivity index (χ1n) is 7.32. The molecular formula is C15H27N2O3+. The summed E-state index contributed by atoms with van der Waals surface area (Å²) in [5.41, 5.74) is 1.19. The van der Waals surface area contributed by atoms with Crippen LogP contribution < -0.4 is 10.6 Å². The van der Waals surface area contributed by atoms with Crippen molar-refractivity contribution in [3.05, 3.63) is 23.8 Å². The second kappa shape index (κ2) is 8.76. The highest BCUT2D eigenvalue weighted by atomic mass is 16.4.